The Morgan fingerprint density at radius 1 is 1.40 bits per heavy atom. The maximum Gasteiger partial charge on any atom is 0.256 e. The van der Waals surface area contributed by atoms with E-state index in [0.29, 0.717) is 11.1 Å². The fourth-order valence-corrected chi connectivity index (χ4v) is 2.55. The number of hydrogen-bond acceptors (Lipinski definition) is 5. The highest BCUT2D eigenvalue weighted by Gasteiger charge is 2.21. The van der Waals surface area contributed by atoms with Gasteiger partial charge in [0.1, 0.15) is 16.9 Å². The van der Waals surface area contributed by atoms with Crippen molar-refractivity contribution < 1.29 is 14.3 Å². The number of likely N-dealkylation sites (N-methyl/N-ethyl adjacent to an activating group) is 1. The molecule has 0 bridgehead atoms. The van der Waals surface area contributed by atoms with E-state index in [1.807, 2.05) is 6.07 Å². The lowest BCUT2D eigenvalue weighted by atomic mass is 10.1. The first kappa shape index (κ1) is 16.5. The van der Waals surface area contributed by atoms with E-state index in [2.05, 4.69) is 15.4 Å². The molecule has 0 spiro atoms. The molecule has 0 radical (unpaired) electrons. The second-order valence-corrected chi connectivity index (χ2v) is 5.58. The number of benzene rings is 2. The molecule has 1 heterocycles. The molecule has 0 aliphatic carbocycles. The Balaban J connectivity index is 1.82. The summed E-state index contributed by atoms with van der Waals surface area (Å²) in [6.45, 7) is -0.0242. The zero-order valence-electron chi connectivity index (χ0n) is 13.3. The zero-order valence-corrected chi connectivity index (χ0v) is 13.3. The van der Waals surface area contributed by atoms with Gasteiger partial charge in [0.15, 0.2) is 0 Å². The number of rotatable bonds is 4. The van der Waals surface area contributed by atoms with Gasteiger partial charge in [0.25, 0.3) is 5.91 Å². The van der Waals surface area contributed by atoms with Crippen LogP contribution < -0.4 is 0 Å². The van der Waals surface area contributed by atoms with E-state index >= 15 is 0 Å². The molecule has 1 aromatic heterocycles. The number of nitriles is 1. The Bertz CT molecular complexity index is 979. The van der Waals surface area contributed by atoms with Gasteiger partial charge in [0, 0.05) is 13.1 Å². The Hall–Kier alpha value is -3.31. The molecule has 1 amide bonds. The Kier molecular flexibility index (Phi) is 4.41. The van der Waals surface area contributed by atoms with Crippen molar-refractivity contribution in [3.05, 3.63) is 58.9 Å². The molecule has 0 aliphatic rings. The quantitative estimate of drug-likeness (QED) is 0.753. The van der Waals surface area contributed by atoms with Crippen molar-refractivity contribution in [1.82, 2.24) is 20.3 Å². The number of nitrogens with zero attached hydrogens (tertiary/aromatic N) is 4. The molecule has 8 heteroatoms. The first-order valence-electron chi connectivity index (χ1n) is 7.43. The van der Waals surface area contributed by atoms with Crippen LogP contribution in [-0.4, -0.2) is 44.9 Å². The largest absolute Gasteiger partial charge is 0.387 e. The van der Waals surface area contributed by atoms with Gasteiger partial charge in [-0.3, -0.25) is 4.79 Å². The van der Waals surface area contributed by atoms with Crippen molar-refractivity contribution in [2.45, 2.75) is 6.10 Å². The van der Waals surface area contributed by atoms with E-state index in [4.69, 9.17) is 5.26 Å². The van der Waals surface area contributed by atoms with Crippen molar-refractivity contribution >= 4 is 16.9 Å². The third-order valence-corrected chi connectivity index (χ3v) is 3.81. The first-order chi connectivity index (χ1) is 12.0. The summed E-state index contributed by atoms with van der Waals surface area (Å²) in [7, 11) is 1.50. The third kappa shape index (κ3) is 3.32. The molecule has 7 nitrogen and oxygen atoms in total. The number of aliphatic hydroxyl groups excluding tert-OH is 1. The predicted molar refractivity (Wildman–Crippen MR) is 86.9 cm³/mol. The molecular weight excluding hydrogens is 325 g/mol. The molecule has 1 atom stereocenters. The Labute approximate surface area is 142 Å². The average Bonchev–Trinajstić information content (AvgIpc) is 3.08. The molecule has 2 N–H and O–H groups in total. The number of fused-ring (bicyclic) bond motifs is 1. The highest BCUT2D eigenvalue weighted by atomic mass is 19.1. The van der Waals surface area contributed by atoms with Crippen LogP contribution in [0.25, 0.3) is 11.0 Å². The van der Waals surface area contributed by atoms with Gasteiger partial charge in [-0.1, -0.05) is 12.1 Å². The van der Waals surface area contributed by atoms with Gasteiger partial charge in [-0.05, 0) is 23.8 Å². The van der Waals surface area contributed by atoms with E-state index in [0.717, 1.165) is 6.07 Å². The summed E-state index contributed by atoms with van der Waals surface area (Å²) in [6.07, 6.45) is -0.983. The van der Waals surface area contributed by atoms with Crippen LogP contribution >= 0.6 is 0 Å². The van der Waals surface area contributed by atoms with E-state index in [9.17, 15) is 14.3 Å². The van der Waals surface area contributed by atoms with Crippen LogP contribution in [0.15, 0.2) is 36.4 Å². The molecule has 0 saturated heterocycles. The molecule has 3 rings (SSSR count). The standard InChI is InChI=1S/C17H14FN5O2/c1-23(9-15(24)11-4-2-3-10(5-11)8-19)17(25)13-6-12(18)7-14-16(13)21-22-20-14/h2-7,15,24H,9H2,1H3,(H,20,21,22). The van der Waals surface area contributed by atoms with Gasteiger partial charge in [0.05, 0.1) is 29.8 Å². The maximum atomic E-state index is 13.7. The van der Waals surface area contributed by atoms with Crippen LogP contribution in [0.5, 0.6) is 0 Å². The second kappa shape index (κ2) is 6.67. The molecule has 3 aromatic rings. The number of H-pyrrole nitrogens is 1. The summed E-state index contributed by atoms with van der Waals surface area (Å²) in [5, 5.41) is 29.3. The molecule has 0 saturated carbocycles. The minimum atomic E-state index is -0.983. The minimum absolute atomic E-state index is 0.0242. The van der Waals surface area contributed by atoms with E-state index < -0.39 is 17.8 Å². The molecular formula is C17H14FN5O2. The van der Waals surface area contributed by atoms with Crippen LogP contribution in [0.1, 0.15) is 27.6 Å². The second-order valence-electron chi connectivity index (χ2n) is 5.58. The number of aliphatic hydroxyl groups is 1. The Morgan fingerprint density at radius 3 is 2.96 bits per heavy atom. The summed E-state index contributed by atoms with van der Waals surface area (Å²) in [4.78, 5) is 13.9. The summed E-state index contributed by atoms with van der Waals surface area (Å²) in [5.74, 6) is -1.09. The molecule has 0 aliphatic heterocycles. The molecule has 126 valence electrons. The van der Waals surface area contributed by atoms with Gasteiger partial charge in [-0.15, -0.1) is 0 Å². The maximum absolute atomic E-state index is 13.7. The van der Waals surface area contributed by atoms with Crippen LogP contribution in [0.3, 0.4) is 0 Å². The van der Waals surface area contributed by atoms with Crippen LogP contribution in [0.4, 0.5) is 4.39 Å². The first-order valence-corrected chi connectivity index (χ1v) is 7.43. The van der Waals surface area contributed by atoms with Crippen molar-refractivity contribution in [3.63, 3.8) is 0 Å². The lowest BCUT2D eigenvalue weighted by Crippen LogP contribution is -2.31. The van der Waals surface area contributed by atoms with Crippen LogP contribution in [0, 0.1) is 17.1 Å². The monoisotopic (exact) mass is 339 g/mol. The van der Waals surface area contributed by atoms with Crippen LogP contribution in [0.2, 0.25) is 0 Å². The molecule has 0 fully saturated rings. The van der Waals surface area contributed by atoms with Gasteiger partial charge >= 0.3 is 0 Å². The summed E-state index contributed by atoms with van der Waals surface area (Å²) in [5.41, 5.74) is 1.51. The van der Waals surface area contributed by atoms with E-state index in [1.54, 1.807) is 24.3 Å². The van der Waals surface area contributed by atoms with Crippen molar-refractivity contribution in [3.8, 4) is 6.07 Å². The van der Waals surface area contributed by atoms with Crippen molar-refractivity contribution in [2.24, 2.45) is 0 Å². The van der Waals surface area contributed by atoms with Gasteiger partial charge < -0.3 is 10.0 Å². The number of hydrogen-bond donors (Lipinski definition) is 2. The molecule has 2 aromatic carbocycles. The summed E-state index contributed by atoms with van der Waals surface area (Å²) >= 11 is 0. The number of halogens is 1. The highest BCUT2D eigenvalue weighted by Crippen LogP contribution is 2.20. The van der Waals surface area contributed by atoms with Crippen LogP contribution in [-0.2, 0) is 0 Å². The number of amides is 1. The number of aromatic nitrogens is 3. The average molecular weight is 339 g/mol. The van der Waals surface area contributed by atoms with Gasteiger partial charge in [0.2, 0.25) is 0 Å². The normalized spacial score (nSPS) is 11.9. The van der Waals surface area contributed by atoms with Gasteiger partial charge in [-0.2, -0.15) is 20.7 Å². The lowest BCUT2D eigenvalue weighted by Gasteiger charge is -2.21. The van der Waals surface area contributed by atoms with Crippen molar-refractivity contribution in [2.75, 3.05) is 13.6 Å². The zero-order chi connectivity index (χ0) is 18.0. The number of aromatic amines is 1. The lowest BCUT2D eigenvalue weighted by molar-refractivity contribution is 0.0682. The minimum Gasteiger partial charge on any atom is -0.387 e. The SMILES string of the molecule is CN(CC(O)c1cccc(C#N)c1)C(=O)c1cc(F)cc2n[nH]nc12. The smallest absolute Gasteiger partial charge is 0.256 e. The van der Waals surface area contributed by atoms with E-state index in [1.165, 1.54) is 18.0 Å². The Morgan fingerprint density at radius 2 is 2.20 bits per heavy atom. The van der Waals surface area contributed by atoms with E-state index in [-0.39, 0.29) is 23.1 Å². The number of carbonyl (C=O) groups is 1. The summed E-state index contributed by atoms with van der Waals surface area (Å²) in [6, 6.07) is 10.8. The van der Waals surface area contributed by atoms with Crippen molar-refractivity contribution in [1.29, 1.82) is 5.26 Å². The molecule has 1 unspecified atom stereocenters. The summed E-state index contributed by atoms with van der Waals surface area (Å²) < 4.78 is 13.7. The fraction of sp³-hybridized carbons (Fsp3) is 0.176. The number of nitrogens with one attached hydrogen (secondary N) is 1. The highest BCUT2D eigenvalue weighted by molar-refractivity contribution is 6.04. The van der Waals surface area contributed by atoms with Gasteiger partial charge in [-0.25, -0.2) is 4.39 Å². The number of carbonyl (C=O) groups excluding carboxylic acids is 1. The topological polar surface area (TPSA) is 106 Å². The molecule has 25 heavy (non-hydrogen) atoms. The third-order valence-electron chi connectivity index (χ3n) is 3.81. The predicted octanol–water partition coefficient (Wildman–Crippen LogP) is 1.77. The fourth-order valence-electron chi connectivity index (χ4n) is 2.55.